The third-order valence-electron chi connectivity index (χ3n) is 8.89. The van der Waals surface area contributed by atoms with E-state index in [1.807, 2.05) is 12.1 Å². The molecule has 0 aliphatic heterocycles. The largest absolute Gasteiger partial charge is 0.228 e. The van der Waals surface area contributed by atoms with E-state index in [2.05, 4.69) is 147 Å². The molecular weight excluding hydrogens is 520 g/mol. The highest BCUT2D eigenvalue weighted by molar-refractivity contribution is 5.98. The molecular formula is C41H30N2. The average molecular weight is 551 g/mol. The fourth-order valence-electron chi connectivity index (χ4n) is 6.60. The van der Waals surface area contributed by atoms with Crippen molar-refractivity contribution in [2.45, 2.75) is 19.3 Å². The molecule has 0 atom stereocenters. The number of rotatable bonds is 4. The smallest absolute Gasteiger partial charge is 0.160 e. The van der Waals surface area contributed by atoms with E-state index < -0.39 is 0 Å². The van der Waals surface area contributed by atoms with Crippen molar-refractivity contribution in [2.24, 2.45) is 0 Å². The highest BCUT2D eigenvalue weighted by Crippen LogP contribution is 2.53. The zero-order valence-electron chi connectivity index (χ0n) is 24.3. The molecule has 0 amide bonds. The SMILES string of the molecule is CC1(C)c2cc3ccccc3cc2-c2c(-c3ccc(-c4nc(-c5ccccc5)cc(-c5ccccc5)n4)cc3)cccc21. The van der Waals surface area contributed by atoms with Crippen LogP contribution in [0.15, 0.2) is 146 Å². The van der Waals surface area contributed by atoms with E-state index in [1.54, 1.807) is 0 Å². The predicted octanol–water partition coefficient (Wildman–Crippen LogP) is 10.6. The van der Waals surface area contributed by atoms with Crippen LogP contribution in [0.4, 0.5) is 0 Å². The summed E-state index contributed by atoms with van der Waals surface area (Å²) in [5.41, 5.74) is 12.8. The third kappa shape index (κ3) is 4.26. The Morgan fingerprint density at radius 1 is 0.419 bits per heavy atom. The number of fused-ring (bicyclic) bond motifs is 4. The zero-order chi connectivity index (χ0) is 29.0. The van der Waals surface area contributed by atoms with E-state index in [0.29, 0.717) is 0 Å². The molecule has 204 valence electrons. The molecule has 6 aromatic carbocycles. The summed E-state index contributed by atoms with van der Waals surface area (Å²) < 4.78 is 0. The molecule has 0 radical (unpaired) electrons. The van der Waals surface area contributed by atoms with Gasteiger partial charge < -0.3 is 0 Å². The predicted molar refractivity (Wildman–Crippen MR) is 179 cm³/mol. The minimum absolute atomic E-state index is 0.0653. The molecule has 8 rings (SSSR count). The summed E-state index contributed by atoms with van der Waals surface area (Å²) in [6.07, 6.45) is 0. The van der Waals surface area contributed by atoms with Gasteiger partial charge in [-0.25, -0.2) is 9.97 Å². The number of nitrogens with zero attached hydrogens (tertiary/aromatic N) is 2. The maximum atomic E-state index is 5.03. The Morgan fingerprint density at radius 3 is 1.60 bits per heavy atom. The minimum Gasteiger partial charge on any atom is -0.228 e. The fourth-order valence-corrected chi connectivity index (χ4v) is 6.60. The van der Waals surface area contributed by atoms with Crippen LogP contribution in [0.5, 0.6) is 0 Å². The highest BCUT2D eigenvalue weighted by Gasteiger charge is 2.37. The highest BCUT2D eigenvalue weighted by atomic mass is 14.9. The molecule has 0 saturated carbocycles. The molecule has 0 unspecified atom stereocenters. The zero-order valence-corrected chi connectivity index (χ0v) is 24.3. The lowest BCUT2D eigenvalue weighted by atomic mass is 9.81. The van der Waals surface area contributed by atoms with Gasteiger partial charge in [0.2, 0.25) is 0 Å². The second kappa shape index (κ2) is 9.89. The Morgan fingerprint density at radius 2 is 0.977 bits per heavy atom. The topological polar surface area (TPSA) is 25.8 Å². The first-order valence-electron chi connectivity index (χ1n) is 14.8. The Kier molecular flexibility index (Phi) is 5.84. The van der Waals surface area contributed by atoms with Gasteiger partial charge in [-0.2, -0.15) is 0 Å². The maximum Gasteiger partial charge on any atom is 0.160 e. The van der Waals surface area contributed by atoms with Crippen molar-refractivity contribution in [3.05, 3.63) is 157 Å². The van der Waals surface area contributed by atoms with E-state index in [4.69, 9.17) is 9.97 Å². The van der Waals surface area contributed by atoms with Crippen molar-refractivity contribution in [3.8, 4) is 56.2 Å². The molecule has 1 heterocycles. The summed E-state index contributed by atoms with van der Waals surface area (Å²) in [5, 5.41) is 2.57. The first-order valence-corrected chi connectivity index (χ1v) is 14.8. The number of aromatic nitrogens is 2. The molecule has 0 N–H and O–H groups in total. The Hall–Kier alpha value is -5.34. The summed E-state index contributed by atoms with van der Waals surface area (Å²) in [5.74, 6) is 0.725. The summed E-state index contributed by atoms with van der Waals surface area (Å²) in [6, 6.07) is 51.7. The van der Waals surface area contributed by atoms with Crippen LogP contribution in [0.3, 0.4) is 0 Å². The molecule has 2 nitrogen and oxygen atoms in total. The second-order valence-electron chi connectivity index (χ2n) is 11.9. The quantitative estimate of drug-likeness (QED) is 0.218. The maximum absolute atomic E-state index is 5.03. The monoisotopic (exact) mass is 550 g/mol. The average Bonchev–Trinajstić information content (AvgIpc) is 3.30. The van der Waals surface area contributed by atoms with Gasteiger partial charge in [0.1, 0.15) is 0 Å². The van der Waals surface area contributed by atoms with Gasteiger partial charge in [-0.1, -0.05) is 141 Å². The van der Waals surface area contributed by atoms with E-state index in [9.17, 15) is 0 Å². The molecule has 7 aromatic rings. The Balaban J connectivity index is 1.24. The van der Waals surface area contributed by atoms with Crippen LogP contribution < -0.4 is 0 Å². The second-order valence-corrected chi connectivity index (χ2v) is 11.9. The third-order valence-corrected chi connectivity index (χ3v) is 8.89. The molecule has 0 saturated heterocycles. The first-order chi connectivity index (χ1) is 21.1. The van der Waals surface area contributed by atoms with Gasteiger partial charge in [-0.05, 0) is 62.4 Å². The summed E-state index contributed by atoms with van der Waals surface area (Å²) in [7, 11) is 0. The molecule has 1 aliphatic rings. The van der Waals surface area contributed by atoms with Crippen molar-refractivity contribution < 1.29 is 0 Å². The Bertz CT molecular complexity index is 2070. The van der Waals surface area contributed by atoms with Crippen molar-refractivity contribution in [1.29, 1.82) is 0 Å². The van der Waals surface area contributed by atoms with Gasteiger partial charge >= 0.3 is 0 Å². The van der Waals surface area contributed by atoms with E-state index in [0.717, 1.165) is 33.9 Å². The molecule has 0 spiro atoms. The van der Waals surface area contributed by atoms with Gasteiger partial charge in [-0.3, -0.25) is 0 Å². The van der Waals surface area contributed by atoms with Crippen LogP contribution in [-0.2, 0) is 5.41 Å². The van der Waals surface area contributed by atoms with Crippen molar-refractivity contribution >= 4 is 10.8 Å². The molecule has 1 aromatic heterocycles. The summed E-state index contributed by atoms with van der Waals surface area (Å²) in [6.45, 7) is 4.70. The van der Waals surface area contributed by atoms with Crippen LogP contribution >= 0.6 is 0 Å². The Labute approximate surface area is 252 Å². The fraction of sp³-hybridized carbons (Fsp3) is 0.0732. The van der Waals surface area contributed by atoms with Crippen LogP contribution in [0.25, 0.3) is 66.9 Å². The lowest BCUT2D eigenvalue weighted by molar-refractivity contribution is 0.661. The van der Waals surface area contributed by atoms with Crippen molar-refractivity contribution in [1.82, 2.24) is 9.97 Å². The van der Waals surface area contributed by atoms with E-state index >= 15 is 0 Å². The summed E-state index contributed by atoms with van der Waals surface area (Å²) in [4.78, 5) is 10.1. The van der Waals surface area contributed by atoms with Crippen LogP contribution in [-0.4, -0.2) is 9.97 Å². The molecule has 2 heteroatoms. The summed E-state index contributed by atoms with van der Waals surface area (Å²) >= 11 is 0. The lowest BCUT2D eigenvalue weighted by Crippen LogP contribution is -2.14. The van der Waals surface area contributed by atoms with E-state index in [1.165, 1.54) is 44.2 Å². The molecule has 1 aliphatic carbocycles. The molecule has 0 fully saturated rings. The normalized spacial score (nSPS) is 13.1. The van der Waals surface area contributed by atoms with Gasteiger partial charge in [0.05, 0.1) is 11.4 Å². The standard InChI is InChI=1S/C41H30N2/c1-41(2)35-19-11-18-33(39(35)34-24-31-16-9-10-17-32(31)25-36(34)41)27-20-22-30(23-21-27)40-42-37(28-12-5-3-6-13-28)26-38(43-40)29-14-7-4-8-15-29/h3-26H,1-2H3. The molecule has 43 heavy (non-hydrogen) atoms. The van der Waals surface area contributed by atoms with Crippen molar-refractivity contribution in [3.63, 3.8) is 0 Å². The lowest BCUT2D eigenvalue weighted by Gasteiger charge is -2.22. The van der Waals surface area contributed by atoms with Crippen molar-refractivity contribution in [2.75, 3.05) is 0 Å². The molecule has 0 bridgehead atoms. The number of hydrogen-bond acceptors (Lipinski definition) is 2. The number of hydrogen-bond donors (Lipinski definition) is 0. The van der Waals surface area contributed by atoms with Gasteiger partial charge in [-0.15, -0.1) is 0 Å². The van der Waals surface area contributed by atoms with Gasteiger partial charge in [0, 0.05) is 22.1 Å². The van der Waals surface area contributed by atoms with E-state index in [-0.39, 0.29) is 5.41 Å². The van der Waals surface area contributed by atoms with Crippen LogP contribution in [0.2, 0.25) is 0 Å². The first kappa shape index (κ1) is 25.4. The van der Waals surface area contributed by atoms with Gasteiger partial charge in [0.15, 0.2) is 5.82 Å². The minimum atomic E-state index is -0.0653. The van der Waals surface area contributed by atoms with Gasteiger partial charge in [0.25, 0.3) is 0 Å². The van der Waals surface area contributed by atoms with Crippen LogP contribution in [0, 0.1) is 0 Å². The number of benzene rings is 6. The van der Waals surface area contributed by atoms with Crippen LogP contribution in [0.1, 0.15) is 25.0 Å².